The molecule has 0 saturated heterocycles. The van der Waals surface area contributed by atoms with E-state index >= 15 is 0 Å². The summed E-state index contributed by atoms with van der Waals surface area (Å²) in [5.74, 6) is 1.30. The van der Waals surface area contributed by atoms with Gasteiger partial charge >= 0.3 is 0 Å². The number of rotatable bonds is 5. The van der Waals surface area contributed by atoms with Crippen LogP contribution in [-0.4, -0.2) is 21.1 Å². The molecule has 0 aliphatic carbocycles. The Balaban J connectivity index is 2.05. The molecule has 0 unspecified atom stereocenters. The Morgan fingerprint density at radius 3 is 2.39 bits per heavy atom. The fraction of sp³-hybridized carbons (Fsp3) is 0.429. The van der Waals surface area contributed by atoms with Gasteiger partial charge in [0.1, 0.15) is 0 Å². The molecule has 96 valence electrons. The second-order valence-electron chi connectivity index (χ2n) is 4.70. The summed E-state index contributed by atoms with van der Waals surface area (Å²) in [4.78, 5) is 2.31. The maximum Gasteiger partial charge on any atom is 0.230 e. The van der Waals surface area contributed by atoms with Gasteiger partial charge in [0, 0.05) is 19.5 Å². The van der Waals surface area contributed by atoms with E-state index in [4.69, 9.17) is 4.42 Å². The smallest absolute Gasteiger partial charge is 0.230 e. The first-order valence-corrected chi connectivity index (χ1v) is 6.22. The first-order chi connectivity index (χ1) is 8.65. The van der Waals surface area contributed by atoms with Gasteiger partial charge in [-0.15, -0.1) is 10.2 Å². The molecule has 0 atom stereocenters. The molecule has 0 saturated carbocycles. The van der Waals surface area contributed by atoms with Crippen molar-refractivity contribution in [3.63, 3.8) is 0 Å². The molecule has 18 heavy (non-hydrogen) atoms. The summed E-state index contributed by atoms with van der Waals surface area (Å²) in [5, 5.41) is 7.91. The molecule has 0 amide bonds. The van der Waals surface area contributed by atoms with Gasteiger partial charge in [-0.1, -0.05) is 30.3 Å². The van der Waals surface area contributed by atoms with Crippen LogP contribution < -0.4 is 0 Å². The van der Waals surface area contributed by atoms with E-state index in [1.165, 1.54) is 5.56 Å². The Kier molecular flexibility index (Phi) is 4.10. The molecule has 0 spiro atoms. The van der Waals surface area contributed by atoms with Crippen LogP contribution in [0.25, 0.3) is 0 Å². The number of nitrogens with zero attached hydrogens (tertiary/aromatic N) is 3. The van der Waals surface area contributed by atoms with Crippen molar-refractivity contribution in [3.05, 3.63) is 47.7 Å². The molecule has 2 aromatic rings. The number of hydrogen-bond acceptors (Lipinski definition) is 4. The van der Waals surface area contributed by atoms with E-state index in [0.29, 0.717) is 24.4 Å². The van der Waals surface area contributed by atoms with Crippen LogP contribution >= 0.6 is 0 Å². The van der Waals surface area contributed by atoms with Gasteiger partial charge in [0.25, 0.3) is 0 Å². The lowest BCUT2D eigenvalue weighted by molar-refractivity contribution is 0.183. The van der Waals surface area contributed by atoms with Crippen LogP contribution in [-0.2, 0) is 13.1 Å². The van der Waals surface area contributed by atoms with Gasteiger partial charge in [0.15, 0.2) is 0 Å². The zero-order valence-electron chi connectivity index (χ0n) is 11.1. The van der Waals surface area contributed by atoms with E-state index in [-0.39, 0.29) is 0 Å². The molecule has 0 radical (unpaired) electrons. The largest absolute Gasteiger partial charge is 0.424 e. The normalized spacial score (nSPS) is 11.4. The third-order valence-corrected chi connectivity index (χ3v) is 2.87. The van der Waals surface area contributed by atoms with Gasteiger partial charge in [-0.25, -0.2) is 0 Å². The molecule has 0 aliphatic rings. The van der Waals surface area contributed by atoms with Crippen molar-refractivity contribution in [3.8, 4) is 0 Å². The number of aryl methyl sites for hydroxylation is 1. The first kappa shape index (κ1) is 12.8. The van der Waals surface area contributed by atoms with Crippen LogP contribution in [0.3, 0.4) is 0 Å². The Labute approximate surface area is 108 Å². The molecule has 0 bridgehead atoms. The molecule has 0 fully saturated rings. The molecule has 0 aliphatic heterocycles. The molecule has 4 heteroatoms. The fourth-order valence-corrected chi connectivity index (χ4v) is 1.81. The maximum absolute atomic E-state index is 5.44. The van der Waals surface area contributed by atoms with Crippen molar-refractivity contribution >= 4 is 0 Å². The average molecular weight is 245 g/mol. The second kappa shape index (κ2) is 5.78. The number of benzene rings is 1. The van der Waals surface area contributed by atoms with Crippen molar-refractivity contribution in [2.24, 2.45) is 0 Å². The third-order valence-electron chi connectivity index (χ3n) is 2.87. The topological polar surface area (TPSA) is 42.2 Å². The lowest BCUT2D eigenvalue weighted by atomic mass is 10.2. The summed E-state index contributed by atoms with van der Waals surface area (Å²) in [6.07, 6.45) is 0. The molecule has 0 N–H and O–H groups in total. The predicted molar refractivity (Wildman–Crippen MR) is 69.9 cm³/mol. The highest BCUT2D eigenvalue weighted by Crippen LogP contribution is 2.12. The first-order valence-electron chi connectivity index (χ1n) is 6.22. The Hall–Kier alpha value is -1.68. The van der Waals surface area contributed by atoms with E-state index in [1.54, 1.807) is 0 Å². The van der Waals surface area contributed by atoms with Gasteiger partial charge in [0.05, 0.1) is 6.54 Å². The fourth-order valence-electron chi connectivity index (χ4n) is 1.81. The van der Waals surface area contributed by atoms with Gasteiger partial charge in [0.2, 0.25) is 11.8 Å². The van der Waals surface area contributed by atoms with E-state index < -0.39 is 0 Å². The van der Waals surface area contributed by atoms with Crippen molar-refractivity contribution in [2.75, 3.05) is 0 Å². The van der Waals surface area contributed by atoms with Crippen molar-refractivity contribution < 1.29 is 4.42 Å². The average Bonchev–Trinajstić information content (AvgIpc) is 2.75. The van der Waals surface area contributed by atoms with Crippen molar-refractivity contribution in [2.45, 2.75) is 39.9 Å². The van der Waals surface area contributed by atoms with E-state index in [2.05, 4.69) is 53.2 Å². The third kappa shape index (κ3) is 3.40. The minimum absolute atomic E-state index is 0.428. The maximum atomic E-state index is 5.44. The highest BCUT2D eigenvalue weighted by molar-refractivity contribution is 5.14. The molecule has 1 aromatic carbocycles. The van der Waals surface area contributed by atoms with E-state index in [1.807, 2.05) is 13.0 Å². The minimum atomic E-state index is 0.428. The van der Waals surface area contributed by atoms with E-state index in [0.717, 1.165) is 6.54 Å². The summed E-state index contributed by atoms with van der Waals surface area (Å²) < 4.78 is 5.44. The molecular formula is C14H19N3O. The minimum Gasteiger partial charge on any atom is -0.424 e. The lowest BCUT2D eigenvalue weighted by Gasteiger charge is -2.24. The van der Waals surface area contributed by atoms with Crippen LogP contribution in [0.1, 0.15) is 31.2 Å². The van der Waals surface area contributed by atoms with Gasteiger partial charge in [-0.3, -0.25) is 4.90 Å². The monoisotopic (exact) mass is 245 g/mol. The number of hydrogen-bond donors (Lipinski definition) is 0. The van der Waals surface area contributed by atoms with E-state index in [9.17, 15) is 0 Å². The molecule has 4 nitrogen and oxygen atoms in total. The van der Waals surface area contributed by atoms with Crippen LogP contribution in [0.5, 0.6) is 0 Å². The Morgan fingerprint density at radius 2 is 1.83 bits per heavy atom. The zero-order valence-corrected chi connectivity index (χ0v) is 11.1. The summed E-state index contributed by atoms with van der Waals surface area (Å²) in [6.45, 7) is 7.74. The summed E-state index contributed by atoms with van der Waals surface area (Å²) in [5.41, 5.74) is 1.29. The number of aromatic nitrogens is 2. The van der Waals surface area contributed by atoms with Crippen molar-refractivity contribution in [1.82, 2.24) is 15.1 Å². The SMILES string of the molecule is Cc1nnc(CN(Cc2ccccc2)C(C)C)o1. The summed E-state index contributed by atoms with van der Waals surface area (Å²) in [7, 11) is 0. The van der Waals surface area contributed by atoms with Gasteiger partial charge in [-0.05, 0) is 19.4 Å². The predicted octanol–water partition coefficient (Wildman–Crippen LogP) is 2.79. The molecule has 1 heterocycles. The molecular weight excluding hydrogens is 226 g/mol. The highest BCUT2D eigenvalue weighted by atomic mass is 16.4. The second-order valence-corrected chi connectivity index (χ2v) is 4.70. The lowest BCUT2D eigenvalue weighted by Crippen LogP contribution is -2.29. The Morgan fingerprint density at radius 1 is 1.11 bits per heavy atom. The molecule has 2 rings (SSSR count). The highest BCUT2D eigenvalue weighted by Gasteiger charge is 2.14. The van der Waals surface area contributed by atoms with Gasteiger partial charge in [-0.2, -0.15) is 0 Å². The molecule has 1 aromatic heterocycles. The zero-order chi connectivity index (χ0) is 13.0. The standard InChI is InChI=1S/C14H19N3O/c1-11(2)17(9-13-7-5-4-6-8-13)10-14-16-15-12(3)18-14/h4-8,11H,9-10H2,1-3H3. The summed E-state index contributed by atoms with van der Waals surface area (Å²) in [6, 6.07) is 10.8. The van der Waals surface area contributed by atoms with Crippen molar-refractivity contribution in [1.29, 1.82) is 0 Å². The Bertz CT molecular complexity index is 479. The van der Waals surface area contributed by atoms with Gasteiger partial charge < -0.3 is 4.42 Å². The van der Waals surface area contributed by atoms with Crippen LogP contribution in [0, 0.1) is 6.92 Å². The summed E-state index contributed by atoms with van der Waals surface area (Å²) >= 11 is 0. The van der Waals surface area contributed by atoms with Crippen LogP contribution in [0.4, 0.5) is 0 Å². The van der Waals surface area contributed by atoms with Crippen LogP contribution in [0.2, 0.25) is 0 Å². The van der Waals surface area contributed by atoms with Crippen LogP contribution in [0.15, 0.2) is 34.7 Å². The quantitative estimate of drug-likeness (QED) is 0.812.